The molecule has 0 atom stereocenters. The maximum Gasteiger partial charge on any atom is 0.293 e. The molecule has 0 aromatic rings. The molecule has 1 saturated carbocycles. The lowest BCUT2D eigenvalue weighted by Crippen LogP contribution is -1.91. The first kappa shape index (κ1) is 6.59. The monoisotopic (exact) mass is 128 g/mol. The first-order valence-corrected chi connectivity index (χ1v) is 3.48. The molecule has 0 bridgehead atoms. The molecule has 0 spiro atoms. The van der Waals surface area contributed by atoms with Gasteiger partial charge in [-0.25, -0.2) is 0 Å². The Morgan fingerprint density at radius 1 is 1.56 bits per heavy atom. The standard InChI is InChI=1S/C7H12O2/c8-6-9-5-1-2-7-3-4-7/h6-7H,1-5H2. The number of carbonyl (C=O) groups excluding carboxylic acids is 1. The van der Waals surface area contributed by atoms with Gasteiger partial charge in [-0.05, 0) is 18.8 Å². The summed E-state index contributed by atoms with van der Waals surface area (Å²) in [6.07, 6.45) is 5.07. The molecule has 0 aromatic carbocycles. The van der Waals surface area contributed by atoms with Gasteiger partial charge in [-0.15, -0.1) is 0 Å². The summed E-state index contributed by atoms with van der Waals surface area (Å²) in [5.74, 6) is 0.959. The molecule has 2 nitrogen and oxygen atoms in total. The van der Waals surface area contributed by atoms with Gasteiger partial charge in [-0.3, -0.25) is 4.79 Å². The quantitative estimate of drug-likeness (QED) is 0.412. The van der Waals surface area contributed by atoms with Crippen LogP contribution in [-0.2, 0) is 9.53 Å². The lowest BCUT2D eigenvalue weighted by atomic mass is 10.2. The Kier molecular flexibility index (Phi) is 2.55. The number of ether oxygens (including phenoxy) is 1. The molecule has 0 saturated heterocycles. The van der Waals surface area contributed by atoms with Gasteiger partial charge in [0.15, 0.2) is 0 Å². The predicted octanol–water partition coefficient (Wildman–Crippen LogP) is 1.35. The van der Waals surface area contributed by atoms with Gasteiger partial charge in [0.2, 0.25) is 0 Å². The summed E-state index contributed by atoms with van der Waals surface area (Å²) in [6.45, 7) is 1.13. The molecule has 0 unspecified atom stereocenters. The van der Waals surface area contributed by atoms with E-state index in [-0.39, 0.29) is 0 Å². The normalized spacial score (nSPS) is 17.3. The lowest BCUT2D eigenvalue weighted by Gasteiger charge is -1.95. The van der Waals surface area contributed by atoms with Crippen LogP contribution < -0.4 is 0 Å². The van der Waals surface area contributed by atoms with Crippen molar-refractivity contribution >= 4 is 6.47 Å². The highest BCUT2D eigenvalue weighted by molar-refractivity contribution is 5.36. The van der Waals surface area contributed by atoms with Gasteiger partial charge in [0, 0.05) is 0 Å². The topological polar surface area (TPSA) is 26.3 Å². The summed E-state index contributed by atoms with van der Waals surface area (Å²) >= 11 is 0. The van der Waals surface area contributed by atoms with Gasteiger partial charge in [-0.2, -0.15) is 0 Å². The zero-order valence-corrected chi connectivity index (χ0v) is 5.51. The number of hydrogen-bond acceptors (Lipinski definition) is 2. The van der Waals surface area contributed by atoms with E-state index in [9.17, 15) is 4.79 Å². The summed E-state index contributed by atoms with van der Waals surface area (Å²) in [5, 5.41) is 0. The van der Waals surface area contributed by atoms with Gasteiger partial charge in [0.1, 0.15) is 0 Å². The van der Waals surface area contributed by atoms with Crippen LogP contribution in [0.4, 0.5) is 0 Å². The van der Waals surface area contributed by atoms with E-state index in [0.29, 0.717) is 13.1 Å². The zero-order valence-electron chi connectivity index (χ0n) is 5.51. The van der Waals surface area contributed by atoms with E-state index in [1.54, 1.807) is 0 Å². The van der Waals surface area contributed by atoms with E-state index in [2.05, 4.69) is 4.74 Å². The van der Waals surface area contributed by atoms with Crippen molar-refractivity contribution in [3.8, 4) is 0 Å². The van der Waals surface area contributed by atoms with E-state index < -0.39 is 0 Å². The molecule has 0 aromatic heterocycles. The highest BCUT2D eigenvalue weighted by Gasteiger charge is 2.19. The molecule has 1 aliphatic carbocycles. The van der Waals surface area contributed by atoms with Gasteiger partial charge in [0.05, 0.1) is 6.61 Å². The van der Waals surface area contributed by atoms with Crippen LogP contribution in [-0.4, -0.2) is 13.1 Å². The fourth-order valence-electron chi connectivity index (χ4n) is 0.910. The Labute approximate surface area is 55.2 Å². The van der Waals surface area contributed by atoms with E-state index in [4.69, 9.17) is 0 Å². The smallest absolute Gasteiger partial charge is 0.293 e. The molecule has 2 heteroatoms. The SMILES string of the molecule is O=COCCCC1CC1. The molecular weight excluding hydrogens is 116 g/mol. The van der Waals surface area contributed by atoms with E-state index in [1.807, 2.05) is 0 Å². The van der Waals surface area contributed by atoms with Crippen molar-refractivity contribution < 1.29 is 9.53 Å². The van der Waals surface area contributed by atoms with E-state index in [1.165, 1.54) is 19.3 Å². The van der Waals surface area contributed by atoms with Crippen molar-refractivity contribution in [2.45, 2.75) is 25.7 Å². The van der Waals surface area contributed by atoms with Crippen LogP contribution in [0.5, 0.6) is 0 Å². The van der Waals surface area contributed by atoms with Crippen LogP contribution >= 0.6 is 0 Å². The Bertz CT molecular complexity index is 86.9. The number of carbonyl (C=O) groups is 1. The zero-order chi connectivity index (χ0) is 6.53. The van der Waals surface area contributed by atoms with Crippen molar-refractivity contribution in [3.63, 3.8) is 0 Å². The third-order valence-corrected chi connectivity index (χ3v) is 1.64. The highest BCUT2D eigenvalue weighted by atomic mass is 16.5. The maximum atomic E-state index is 9.64. The van der Waals surface area contributed by atoms with Gasteiger partial charge < -0.3 is 4.74 Å². The molecule has 0 heterocycles. The largest absolute Gasteiger partial charge is 0.468 e. The summed E-state index contributed by atoms with van der Waals surface area (Å²) in [7, 11) is 0. The molecule has 52 valence electrons. The van der Waals surface area contributed by atoms with Crippen molar-refractivity contribution in [3.05, 3.63) is 0 Å². The average Bonchev–Trinajstić information content (AvgIpc) is 2.63. The minimum Gasteiger partial charge on any atom is -0.468 e. The van der Waals surface area contributed by atoms with Crippen LogP contribution in [0, 0.1) is 5.92 Å². The lowest BCUT2D eigenvalue weighted by molar-refractivity contribution is -0.128. The third kappa shape index (κ3) is 3.12. The second-order valence-corrected chi connectivity index (χ2v) is 2.55. The van der Waals surface area contributed by atoms with Crippen LogP contribution in [0.2, 0.25) is 0 Å². The van der Waals surface area contributed by atoms with Gasteiger partial charge >= 0.3 is 0 Å². The highest BCUT2D eigenvalue weighted by Crippen LogP contribution is 2.33. The first-order chi connectivity index (χ1) is 4.43. The molecule has 9 heavy (non-hydrogen) atoms. The Hall–Kier alpha value is -0.530. The van der Waals surface area contributed by atoms with Gasteiger partial charge in [0.25, 0.3) is 6.47 Å². The van der Waals surface area contributed by atoms with Crippen molar-refractivity contribution in [1.82, 2.24) is 0 Å². The Balaban J connectivity index is 1.75. The number of hydrogen-bond donors (Lipinski definition) is 0. The van der Waals surface area contributed by atoms with Crippen LogP contribution in [0.15, 0.2) is 0 Å². The summed E-state index contributed by atoms with van der Waals surface area (Å²) in [5.41, 5.74) is 0. The van der Waals surface area contributed by atoms with Crippen molar-refractivity contribution in [2.24, 2.45) is 5.92 Å². The molecule has 1 rings (SSSR count). The fourth-order valence-corrected chi connectivity index (χ4v) is 0.910. The third-order valence-electron chi connectivity index (χ3n) is 1.64. The molecular formula is C7H12O2. The van der Waals surface area contributed by atoms with Crippen LogP contribution in [0.25, 0.3) is 0 Å². The van der Waals surface area contributed by atoms with E-state index in [0.717, 1.165) is 12.3 Å². The van der Waals surface area contributed by atoms with E-state index >= 15 is 0 Å². The summed E-state index contributed by atoms with van der Waals surface area (Å²) < 4.78 is 4.53. The molecule has 0 amide bonds. The van der Waals surface area contributed by atoms with Crippen molar-refractivity contribution in [2.75, 3.05) is 6.61 Å². The fraction of sp³-hybridized carbons (Fsp3) is 0.857. The second kappa shape index (κ2) is 3.49. The summed E-state index contributed by atoms with van der Waals surface area (Å²) in [6, 6.07) is 0. The van der Waals surface area contributed by atoms with Crippen LogP contribution in [0.3, 0.4) is 0 Å². The molecule has 0 radical (unpaired) electrons. The van der Waals surface area contributed by atoms with Gasteiger partial charge in [-0.1, -0.05) is 12.8 Å². The minimum absolute atomic E-state index is 0.521. The molecule has 1 fully saturated rings. The summed E-state index contributed by atoms with van der Waals surface area (Å²) in [4.78, 5) is 9.64. The Morgan fingerprint density at radius 3 is 2.89 bits per heavy atom. The maximum absolute atomic E-state index is 9.64. The number of rotatable bonds is 5. The molecule has 1 aliphatic rings. The second-order valence-electron chi connectivity index (χ2n) is 2.55. The molecule has 0 N–H and O–H groups in total. The van der Waals surface area contributed by atoms with Crippen molar-refractivity contribution in [1.29, 1.82) is 0 Å². The first-order valence-electron chi connectivity index (χ1n) is 3.48. The molecule has 0 aliphatic heterocycles. The Morgan fingerprint density at radius 2 is 2.33 bits per heavy atom. The predicted molar refractivity (Wildman–Crippen MR) is 34.0 cm³/mol. The van der Waals surface area contributed by atoms with Crippen LogP contribution in [0.1, 0.15) is 25.7 Å². The minimum atomic E-state index is 0.521. The average molecular weight is 128 g/mol.